The fraction of sp³-hybridized carbons (Fsp3) is 0.923. The molecule has 1 aliphatic heterocycles. The number of carbonyl (C=O) groups is 1. The van der Waals surface area contributed by atoms with Crippen LogP contribution in [0.25, 0.3) is 0 Å². The third kappa shape index (κ3) is 7.45. The molecule has 5 nitrogen and oxygen atoms in total. The summed E-state index contributed by atoms with van der Waals surface area (Å²) in [5.41, 5.74) is 0. The summed E-state index contributed by atoms with van der Waals surface area (Å²) < 4.78 is 23.4. The maximum atomic E-state index is 11.8. The molecule has 1 fully saturated rings. The Balaban J connectivity index is 0.00000361. The monoisotopic (exact) mass is 326 g/mol. The summed E-state index contributed by atoms with van der Waals surface area (Å²) in [6.45, 7) is 6.76. The molecule has 2 N–H and O–H groups in total. The van der Waals surface area contributed by atoms with E-state index in [1.54, 1.807) is 0 Å². The molecule has 0 saturated carbocycles. The molecule has 0 aliphatic carbocycles. The molecule has 0 aromatic rings. The van der Waals surface area contributed by atoms with Gasteiger partial charge in [0.2, 0.25) is 5.91 Å². The third-order valence-electron chi connectivity index (χ3n) is 3.34. The van der Waals surface area contributed by atoms with Gasteiger partial charge < -0.3 is 10.6 Å². The predicted molar refractivity (Wildman–Crippen MR) is 84.0 cm³/mol. The van der Waals surface area contributed by atoms with E-state index in [9.17, 15) is 13.2 Å². The molecule has 2 atom stereocenters. The van der Waals surface area contributed by atoms with E-state index in [0.29, 0.717) is 0 Å². The predicted octanol–water partition coefficient (Wildman–Crippen LogP) is 1.13. The van der Waals surface area contributed by atoms with Crippen molar-refractivity contribution in [2.75, 3.05) is 18.1 Å². The van der Waals surface area contributed by atoms with Crippen LogP contribution in [0.4, 0.5) is 0 Å². The van der Waals surface area contributed by atoms with E-state index < -0.39 is 9.84 Å². The largest absolute Gasteiger partial charge is 0.352 e. The lowest BCUT2D eigenvalue weighted by atomic mass is 10.00. The van der Waals surface area contributed by atoms with Crippen molar-refractivity contribution in [1.29, 1.82) is 0 Å². The molecule has 1 rings (SSSR count). The van der Waals surface area contributed by atoms with Gasteiger partial charge in [-0.15, -0.1) is 12.4 Å². The van der Waals surface area contributed by atoms with Crippen LogP contribution in [0.2, 0.25) is 0 Å². The average Bonchev–Trinajstić information content (AvgIpc) is 2.28. The minimum absolute atomic E-state index is 0. The van der Waals surface area contributed by atoms with E-state index in [4.69, 9.17) is 0 Å². The normalized spacial score (nSPS) is 23.2. The van der Waals surface area contributed by atoms with Gasteiger partial charge in [0.25, 0.3) is 0 Å². The molecule has 7 heteroatoms. The van der Waals surface area contributed by atoms with Gasteiger partial charge in [-0.3, -0.25) is 4.79 Å². The Labute approximate surface area is 128 Å². The van der Waals surface area contributed by atoms with E-state index in [0.717, 1.165) is 19.4 Å². The quantitative estimate of drug-likeness (QED) is 0.767. The molecule has 0 bridgehead atoms. The standard InChI is InChI=1S/C13H26N2O3S.ClH/c1-10(2)9-19(17,18)8-6-13(16)15-12-5-4-7-14-11(12)3;/h10-12,14H,4-9H2,1-3H3,(H,15,16);1H. The first kappa shape index (κ1) is 19.7. The van der Waals surface area contributed by atoms with Crippen LogP contribution in [-0.2, 0) is 14.6 Å². The molecule has 1 saturated heterocycles. The SMILES string of the molecule is CC(C)CS(=O)(=O)CCC(=O)NC1CCCNC1C.Cl. The Morgan fingerprint density at radius 3 is 2.60 bits per heavy atom. The van der Waals surface area contributed by atoms with Gasteiger partial charge in [0.05, 0.1) is 11.5 Å². The lowest BCUT2D eigenvalue weighted by molar-refractivity contribution is -0.121. The maximum Gasteiger partial charge on any atom is 0.221 e. The Morgan fingerprint density at radius 1 is 1.40 bits per heavy atom. The Kier molecular flexibility index (Phi) is 8.70. The van der Waals surface area contributed by atoms with Gasteiger partial charge >= 0.3 is 0 Å². The van der Waals surface area contributed by atoms with Crippen molar-refractivity contribution < 1.29 is 13.2 Å². The molecular formula is C13H27ClN2O3S. The molecule has 0 aromatic carbocycles. The van der Waals surface area contributed by atoms with Crippen LogP contribution in [0, 0.1) is 5.92 Å². The average molecular weight is 327 g/mol. The number of rotatable bonds is 6. The molecule has 0 aromatic heterocycles. The first-order valence-electron chi connectivity index (χ1n) is 7.03. The van der Waals surface area contributed by atoms with Gasteiger partial charge in [-0.25, -0.2) is 8.42 Å². The topological polar surface area (TPSA) is 75.3 Å². The lowest BCUT2D eigenvalue weighted by Crippen LogP contribution is -2.52. The van der Waals surface area contributed by atoms with Crippen molar-refractivity contribution in [3.05, 3.63) is 0 Å². The lowest BCUT2D eigenvalue weighted by Gasteiger charge is -2.30. The molecule has 1 aliphatic rings. The second-order valence-corrected chi connectivity index (χ2v) is 8.05. The van der Waals surface area contributed by atoms with Crippen LogP contribution >= 0.6 is 12.4 Å². The van der Waals surface area contributed by atoms with Gasteiger partial charge in [0.15, 0.2) is 9.84 Å². The fourth-order valence-electron chi connectivity index (χ4n) is 2.36. The zero-order valence-corrected chi connectivity index (χ0v) is 14.1. The van der Waals surface area contributed by atoms with E-state index in [1.165, 1.54) is 0 Å². The van der Waals surface area contributed by atoms with Crippen LogP contribution in [0.15, 0.2) is 0 Å². The Hall–Kier alpha value is -0.330. The first-order chi connectivity index (χ1) is 8.80. The molecule has 0 radical (unpaired) electrons. The summed E-state index contributed by atoms with van der Waals surface area (Å²) >= 11 is 0. The fourth-order valence-corrected chi connectivity index (χ4v) is 4.04. The van der Waals surface area contributed by atoms with Crippen molar-refractivity contribution in [3.63, 3.8) is 0 Å². The Bertz CT molecular complexity index is 398. The summed E-state index contributed by atoms with van der Waals surface area (Å²) in [6, 6.07) is 0.374. The minimum atomic E-state index is -3.11. The number of carbonyl (C=O) groups excluding carboxylic acids is 1. The summed E-state index contributed by atoms with van der Waals surface area (Å²) in [6.07, 6.45) is 2.07. The van der Waals surface area contributed by atoms with Gasteiger partial charge in [-0.2, -0.15) is 0 Å². The molecular weight excluding hydrogens is 300 g/mol. The first-order valence-corrected chi connectivity index (χ1v) is 8.85. The number of hydrogen-bond acceptors (Lipinski definition) is 4. The summed E-state index contributed by atoms with van der Waals surface area (Å²) in [5, 5.41) is 6.23. The van der Waals surface area contributed by atoms with Crippen LogP contribution in [-0.4, -0.2) is 44.5 Å². The van der Waals surface area contributed by atoms with E-state index in [2.05, 4.69) is 10.6 Å². The number of amides is 1. The highest BCUT2D eigenvalue weighted by molar-refractivity contribution is 7.91. The Morgan fingerprint density at radius 2 is 2.05 bits per heavy atom. The number of nitrogens with one attached hydrogen (secondary N) is 2. The van der Waals surface area contributed by atoms with Gasteiger partial charge in [-0.1, -0.05) is 13.8 Å². The molecule has 2 unspecified atom stereocenters. The van der Waals surface area contributed by atoms with E-state index in [-0.39, 0.29) is 54.2 Å². The molecule has 120 valence electrons. The molecule has 0 spiro atoms. The molecule has 20 heavy (non-hydrogen) atoms. The highest BCUT2D eigenvalue weighted by Gasteiger charge is 2.23. The molecule has 1 heterocycles. The van der Waals surface area contributed by atoms with Crippen LogP contribution in [0.1, 0.15) is 40.0 Å². The van der Waals surface area contributed by atoms with E-state index in [1.807, 2.05) is 20.8 Å². The number of hydrogen-bond donors (Lipinski definition) is 2. The van der Waals surface area contributed by atoms with Crippen molar-refractivity contribution in [1.82, 2.24) is 10.6 Å². The van der Waals surface area contributed by atoms with Gasteiger partial charge in [0.1, 0.15) is 0 Å². The second kappa shape index (κ2) is 8.85. The maximum absolute atomic E-state index is 11.8. The number of sulfone groups is 1. The van der Waals surface area contributed by atoms with Crippen molar-refractivity contribution in [2.45, 2.75) is 52.1 Å². The van der Waals surface area contributed by atoms with Crippen molar-refractivity contribution in [3.8, 4) is 0 Å². The van der Waals surface area contributed by atoms with Crippen LogP contribution in [0.3, 0.4) is 0 Å². The smallest absolute Gasteiger partial charge is 0.221 e. The van der Waals surface area contributed by atoms with Crippen LogP contribution in [0.5, 0.6) is 0 Å². The highest BCUT2D eigenvalue weighted by atomic mass is 35.5. The second-order valence-electron chi connectivity index (χ2n) is 5.82. The summed E-state index contributed by atoms with van der Waals surface area (Å²) in [7, 11) is -3.11. The van der Waals surface area contributed by atoms with Crippen LogP contribution < -0.4 is 10.6 Å². The summed E-state index contributed by atoms with van der Waals surface area (Å²) in [4.78, 5) is 11.8. The molecule has 1 amide bonds. The van der Waals surface area contributed by atoms with Gasteiger partial charge in [-0.05, 0) is 32.2 Å². The number of piperidine rings is 1. The zero-order valence-electron chi connectivity index (χ0n) is 12.5. The van der Waals surface area contributed by atoms with Gasteiger partial charge in [0, 0.05) is 18.5 Å². The van der Waals surface area contributed by atoms with E-state index >= 15 is 0 Å². The summed E-state index contributed by atoms with van der Waals surface area (Å²) in [5.74, 6) is 0.0521. The third-order valence-corrected chi connectivity index (χ3v) is 5.34. The highest BCUT2D eigenvalue weighted by Crippen LogP contribution is 2.09. The van der Waals surface area contributed by atoms with Crippen molar-refractivity contribution in [2.24, 2.45) is 5.92 Å². The zero-order chi connectivity index (χ0) is 14.5. The number of halogens is 1. The minimum Gasteiger partial charge on any atom is -0.352 e. The van der Waals surface area contributed by atoms with Crippen molar-refractivity contribution >= 4 is 28.2 Å².